The second-order valence-corrected chi connectivity index (χ2v) is 6.24. The van der Waals surface area contributed by atoms with Gasteiger partial charge in [0.2, 0.25) is 11.8 Å². The molecule has 1 aliphatic rings. The predicted molar refractivity (Wildman–Crippen MR) is 92.4 cm³/mol. The number of carbonyl (C=O) groups excluding carboxylic acids is 2. The number of anilines is 1. The number of carboxylic acids is 1. The lowest BCUT2D eigenvalue weighted by atomic mass is 9.87. The van der Waals surface area contributed by atoms with Crippen LogP contribution in [0.2, 0.25) is 0 Å². The van der Waals surface area contributed by atoms with Gasteiger partial charge in [0, 0.05) is 18.2 Å². The van der Waals surface area contributed by atoms with Gasteiger partial charge in [-0.05, 0) is 30.9 Å². The Morgan fingerprint density at radius 3 is 2.60 bits per heavy atom. The Morgan fingerprint density at radius 2 is 1.88 bits per heavy atom. The SMILES string of the molecule is O=C(O)COc1cccc(NC(=O)CNC(=O)CC2CCCCC2)c1. The summed E-state index contributed by atoms with van der Waals surface area (Å²) in [5.74, 6) is -0.732. The summed E-state index contributed by atoms with van der Waals surface area (Å²) in [5.41, 5.74) is 0.481. The first-order chi connectivity index (χ1) is 12.0. The highest BCUT2D eigenvalue weighted by Crippen LogP contribution is 2.26. The molecule has 0 bridgehead atoms. The van der Waals surface area contributed by atoms with Crippen LogP contribution in [0.15, 0.2) is 24.3 Å². The molecule has 7 heteroatoms. The van der Waals surface area contributed by atoms with Gasteiger partial charge in [-0.15, -0.1) is 0 Å². The normalized spacial score (nSPS) is 14.6. The summed E-state index contributed by atoms with van der Waals surface area (Å²) in [6, 6.07) is 6.44. The van der Waals surface area contributed by atoms with Crippen LogP contribution in [0.5, 0.6) is 5.75 Å². The number of amides is 2. The first-order valence-corrected chi connectivity index (χ1v) is 8.54. The van der Waals surface area contributed by atoms with E-state index in [2.05, 4.69) is 10.6 Å². The molecule has 0 atom stereocenters. The second kappa shape index (κ2) is 9.66. The summed E-state index contributed by atoms with van der Waals surface area (Å²) < 4.78 is 5.05. The molecule has 1 saturated carbocycles. The average molecular weight is 348 g/mol. The van der Waals surface area contributed by atoms with Crippen LogP contribution < -0.4 is 15.4 Å². The number of hydrogen-bond donors (Lipinski definition) is 3. The van der Waals surface area contributed by atoms with E-state index in [4.69, 9.17) is 9.84 Å². The van der Waals surface area contributed by atoms with Gasteiger partial charge in [0.15, 0.2) is 6.61 Å². The lowest BCUT2D eigenvalue weighted by Crippen LogP contribution is -2.34. The third-order valence-electron chi connectivity index (χ3n) is 4.13. The molecule has 0 unspecified atom stereocenters. The summed E-state index contributed by atoms with van der Waals surface area (Å²) >= 11 is 0. The molecule has 1 fully saturated rings. The van der Waals surface area contributed by atoms with Gasteiger partial charge in [-0.2, -0.15) is 0 Å². The molecule has 1 aromatic rings. The van der Waals surface area contributed by atoms with Crippen LogP contribution in [0.3, 0.4) is 0 Å². The van der Waals surface area contributed by atoms with E-state index in [0.29, 0.717) is 23.8 Å². The van der Waals surface area contributed by atoms with Gasteiger partial charge >= 0.3 is 5.97 Å². The van der Waals surface area contributed by atoms with E-state index in [1.807, 2.05) is 0 Å². The van der Waals surface area contributed by atoms with Crippen LogP contribution in [-0.2, 0) is 14.4 Å². The van der Waals surface area contributed by atoms with E-state index in [1.54, 1.807) is 18.2 Å². The van der Waals surface area contributed by atoms with Crippen molar-refractivity contribution in [3.8, 4) is 5.75 Å². The lowest BCUT2D eigenvalue weighted by molar-refractivity contribution is -0.139. The van der Waals surface area contributed by atoms with E-state index in [-0.39, 0.29) is 18.4 Å². The number of ether oxygens (including phenoxy) is 1. The summed E-state index contributed by atoms with van der Waals surface area (Å²) in [7, 11) is 0. The third kappa shape index (κ3) is 7.24. The molecule has 2 amide bonds. The van der Waals surface area contributed by atoms with Crippen LogP contribution in [0.4, 0.5) is 5.69 Å². The summed E-state index contributed by atoms with van der Waals surface area (Å²) in [4.78, 5) is 34.3. The first-order valence-electron chi connectivity index (χ1n) is 8.54. The van der Waals surface area contributed by atoms with Crippen LogP contribution in [0.25, 0.3) is 0 Å². The Bertz CT molecular complexity index is 611. The van der Waals surface area contributed by atoms with Crippen molar-refractivity contribution in [1.29, 1.82) is 0 Å². The zero-order valence-corrected chi connectivity index (χ0v) is 14.1. The molecule has 25 heavy (non-hydrogen) atoms. The molecule has 0 radical (unpaired) electrons. The van der Waals surface area contributed by atoms with Crippen molar-refractivity contribution >= 4 is 23.5 Å². The third-order valence-corrected chi connectivity index (χ3v) is 4.13. The Labute approximate surface area is 146 Å². The summed E-state index contributed by atoms with van der Waals surface area (Å²) in [6.07, 6.45) is 6.25. The Hall–Kier alpha value is -2.57. The maximum Gasteiger partial charge on any atom is 0.341 e. The van der Waals surface area contributed by atoms with Gasteiger partial charge in [0.25, 0.3) is 0 Å². The van der Waals surface area contributed by atoms with Crippen molar-refractivity contribution in [3.05, 3.63) is 24.3 Å². The zero-order chi connectivity index (χ0) is 18.1. The molecular formula is C18H24N2O5. The monoisotopic (exact) mass is 348 g/mol. The molecule has 0 saturated heterocycles. The van der Waals surface area contributed by atoms with Crippen LogP contribution in [-0.4, -0.2) is 36.0 Å². The molecule has 0 aliphatic heterocycles. The van der Waals surface area contributed by atoms with E-state index in [9.17, 15) is 14.4 Å². The molecule has 2 rings (SSSR count). The van der Waals surface area contributed by atoms with E-state index >= 15 is 0 Å². The number of hydrogen-bond acceptors (Lipinski definition) is 4. The van der Waals surface area contributed by atoms with Crippen molar-refractivity contribution in [2.75, 3.05) is 18.5 Å². The fourth-order valence-electron chi connectivity index (χ4n) is 2.92. The summed E-state index contributed by atoms with van der Waals surface area (Å²) in [5, 5.41) is 13.9. The van der Waals surface area contributed by atoms with E-state index < -0.39 is 12.6 Å². The fourth-order valence-corrected chi connectivity index (χ4v) is 2.92. The standard InChI is InChI=1S/C18H24N2O5/c21-16(9-13-5-2-1-3-6-13)19-11-17(22)20-14-7-4-8-15(10-14)25-12-18(23)24/h4,7-8,10,13H,1-3,5-6,9,11-12H2,(H,19,21)(H,20,22)(H,23,24). The minimum absolute atomic E-state index is 0.0915. The molecule has 0 spiro atoms. The van der Waals surface area contributed by atoms with Crippen molar-refractivity contribution in [2.45, 2.75) is 38.5 Å². The Kier molecular flexibility index (Phi) is 7.25. The number of carbonyl (C=O) groups is 3. The zero-order valence-electron chi connectivity index (χ0n) is 14.1. The van der Waals surface area contributed by atoms with E-state index in [1.165, 1.54) is 25.3 Å². The van der Waals surface area contributed by atoms with Gasteiger partial charge in [0.05, 0.1) is 6.54 Å². The molecule has 0 aromatic heterocycles. The van der Waals surface area contributed by atoms with Crippen molar-refractivity contribution < 1.29 is 24.2 Å². The maximum atomic E-state index is 11.9. The first kappa shape index (κ1) is 18.8. The van der Waals surface area contributed by atoms with Gasteiger partial charge in [-0.25, -0.2) is 4.79 Å². The minimum Gasteiger partial charge on any atom is -0.482 e. The molecule has 1 aliphatic carbocycles. The van der Waals surface area contributed by atoms with Gasteiger partial charge in [-0.3, -0.25) is 9.59 Å². The second-order valence-electron chi connectivity index (χ2n) is 6.24. The van der Waals surface area contributed by atoms with Crippen LogP contribution in [0, 0.1) is 5.92 Å². The fraction of sp³-hybridized carbons (Fsp3) is 0.500. The van der Waals surface area contributed by atoms with Crippen LogP contribution in [0.1, 0.15) is 38.5 Å². The highest BCUT2D eigenvalue weighted by molar-refractivity contribution is 5.94. The predicted octanol–water partition coefficient (Wildman–Crippen LogP) is 2.18. The van der Waals surface area contributed by atoms with Crippen molar-refractivity contribution in [2.24, 2.45) is 5.92 Å². The molecule has 0 heterocycles. The topological polar surface area (TPSA) is 105 Å². The number of benzene rings is 1. The number of aliphatic carboxylic acids is 1. The molecule has 1 aromatic carbocycles. The Balaban J connectivity index is 1.73. The van der Waals surface area contributed by atoms with Crippen LogP contribution >= 0.6 is 0 Å². The number of carboxylic acid groups (broad SMARTS) is 1. The lowest BCUT2D eigenvalue weighted by Gasteiger charge is -2.20. The molecule has 7 nitrogen and oxygen atoms in total. The largest absolute Gasteiger partial charge is 0.482 e. The average Bonchev–Trinajstić information content (AvgIpc) is 2.59. The molecule has 3 N–H and O–H groups in total. The van der Waals surface area contributed by atoms with Crippen molar-refractivity contribution in [1.82, 2.24) is 5.32 Å². The highest BCUT2D eigenvalue weighted by atomic mass is 16.5. The summed E-state index contributed by atoms with van der Waals surface area (Å²) in [6.45, 7) is -0.541. The number of nitrogens with one attached hydrogen (secondary N) is 2. The smallest absolute Gasteiger partial charge is 0.341 e. The Morgan fingerprint density at radius 1 is 1.12 bits per heavy atom. The quantitative estimate of drug-likeness (QED) is 0.668. The minimum atomic E-state index is -1.07. The van der Waals surface area contributed by atoms with Gasteiger partial charge < -0.3 is 20.5 Å². The highest BCUT2D eigenvalue weighted by Gasteiger charge is 2.17. The maximum absolute atomic E-state index is 11.9. The number of rotatable bonds is 8. The molecule has 136 valence electrons. The van der Waals surface area contributed by atoms with Gasteiger partial charge in [0.1, 0.15) is 5.75 Å². The van der Waals surface area contributed by atoms with Crippen molar-refractivity contribution in [3.63, 3.8) is 0 Å². The van der Waals surface area contributed by atoms with E-state index in [0.717, 1.165) is 12.8 Å². The van der Waals surface area contributed by atoms with Gasteiger partial charge in [-0.1, -0.05) is 25.3 Å². The molecular weight excluding hydrogens is 324 g/mol.